The first-order chi connectivity index (χ1) is 48.4. The number of carbonyl (C=O) groups is 7. The quantitative estimate of drug-likeness (QED) is 0.0193. The number of fused-ring (bicyclic) bond motifs is 2. The van der Waals surface area contributed by atoms with E-state index in [1.165, 1.54) is 6.92 Å². The Morgan fingerprint density at radius 2 is 0.941 bits per heavy atom. The summed E-state index contributed by atoms with van der Waals surface area (Å²) in [6.07, 6.45) is 5.75. The van der Waals surface area contributed by atoms with Gasteiger partial charge in [0.05, 0.1) is 89.7 Å². The predicted molar refractivity (Wildman–Crippen MR) is 378 cm³/mol. The minimum absolute atomic E-state index is 0.0156. The van der Waals surface area contributed by atoms with E-state index in [1.54, 1.807) is 48.8 Å². The van der Waals surface area contributed by atoms with Crippen molar-refractivity contribution in [3.63, 3.8) is 0 Å². The van der Waals surface area contributed by atoms with Crippen molar-refractivity contribution >= 4 is 98.6 Å². The van der Waals surface area contributed by atoms with Gasteiger partial charge in [-0.05, 0) is 121 Å². The van der Waals surface area contributed by atoms with Crippen molar-refractivity contribution in [2.45, 2.75) is 110 Å². The van der Waals surface area contributed by atoms with E-state index in [4.69, 9.17) is 61.8 Å². The molecule has 101 heavy (non-hydrogen) atoms. The fraction of sp³-hybridized carbons (Fsp3) is 0.537. The van der Waals surface area contributed by atoms with Gasteiger partial charge in [-0.3, -0.25) is 24.0 Å². The fourth-order valence-corrected chi connectivity index (χ4v) is 9.35. The summed E-state index contributed by atoms with van der Waals surface area (Å²) in [6.45, 7) is 15.2. The Morgan fingerprint density at radius 1 is 0.535 bits per heavy atom. The molecule has 6 aromatic rings. The first-order valence-electron chi connectivity index (χ1n) is 33.3. The summed E-state index contributed by atoms with van der Waals surface area (Å²) in [4.78, 5) is 123. The van der Waals surface area contributed by atoms with E-state index in [0.717, 1.165) is 17.8 Å². The number of anilines is 6. The maximum absolute atomic E-state index is 13.1. The van der Waals surface area contributed by atoms with Crippen LogP contribution in [0.2, 0.25) is 0 Å². The smallest absolute Gasteiger partial charge is 0.407 e. The molecule has 0 radical (unpaired) electrons. The molecular weight excluding hydrogens is 1310 g/mol. The summed E-state index contributed by atoms with van der Waals surface area (Å²) in [6, 6.07) is 12.5. The molecule has 0 aliphatic rings. The molecule has 2 atom stereocenters. The highest BCUT2D eigenvalue weighted by atomic mass is 16.6. The lowest BCUT2D eigenvalue weighted by Gasteiger charge is -2.19. The number of carboxylic acid groups (broad SMARTS) is 1. The van der Waals surface area contributed by atoms with Gasteiger partial charge < -0.3 is 98.0 Å². The first kappa shape index (κ1) is 82.0. The van der Waals surface area contributed by atoms with Crippen molar-refractivity contribution in [2.75, 3.05) is 152 Å². The van der Waals surface area contributed by atoms with E-state index in [9.17, 15) is 38.7 Å². The van der Waals surface area contributed by atoms with E-state index in [2.05, 4.69) is 61.1 Å². The zero-order chi connectivity index (χ0) is 73.5. The van der Waals surface area contributed by atoms with E-state index in [1.807, 2.05) is 56.8 Å². The minimum atomic E-state index is -1.23. The number of hydrogen-bond donors (Lipinski definition) is 10. The molecule has 2 aromatic carbocycles. The zero-order valence-corrected chi connectivity index (χ0v) is 58.5. The molecule has 15 N–H and O–H groups in total. The number of hydrogen-bond acceptors (Lipinski definition) is 29. The average Bonchev–Trinajstić information content (AvgIpc) is 0.813. The van der Waals surface area contributed by atoms with E-state index >= 15 is 0 Å². The molecule has 0 fully saturated rings. The monoisotopic (exact) mass is 1410 g/mol. The lowest BCUT2D eigenvalue weighted by atomic mass is 9.91. The maximum Gasteiger partial charge on any atom is 0.407 e. The van der Waals surface area contributed by atoms with Crippen molar-refractivity contribution < 1.29 is 71.8 Å². The highest BCUT2D eigenvalue weighted by Gasteiger charge is 2.24. The molecule has 4 heterocycles. The second kappa shape index (κ2) is 44.4. The number of Topliss-reactive ketones (excluding diaryl/α,β-unsaturated/α-hetero) is 2. The van der Waals surface area contributed by atoms with Gasteiger partial charge in [0.2, 0.25) is 23.7 Å². The van der Waals surface area contributed by atoms with Crippen molar-refractivity contribution in [1.29, 1.82) is 0 Å². The molecule has 34 nitrogen and oxygen atoms in total. The van der Waals surface area contributed by atoms with Crippen molar-refractivity contribution in [2.24, 2.45) is 11.7 Å². The van der Waals surface area contributed by atoms with E-state index in [0.29, 0.717) is 177 Å². The lowest BCUT2D eigenvalue weighted by molar-refractivity contribution is -0.139. The van der Waals surface area contributed by atoms with Crippen molar-refractivity contribution in [1.82, 2.24) is 61.1 Å². The number of aromatic nitrogens is 8. The number of alkyl carbamates (subject to hydrolysis) is 1. The molecule has 34 heteroatoms. The van der Waals surface area contributed by atoms with Crippen molar-refractivity contribution in [3.05, 3.63) is 83.4 Å². The number of nitrogens with zero attached hydrogens (tertiary/aromatic N) is 10. The molecule has 0 aliphatic heterocycles. The topological polar surface area (TPSA) is 492 Å². The van der Waals surface area contributed by atoms with Crippen LogP contribution in [0.4, 0.5) is 39.7 Å². The Hall–Kier alpha value is -9.71. The molecule has 552 valence electrons. The molecule has 0 aliphatic carbocycles. The normalized spacial score (nSPS) is 11.8. The fourth-order valence-electron chi connectivity index (χ4n) is 9.35. The summed E-state index contributed by atoms with van der Waals surface area (Å²) in [7, 11) is 3.72. The summed E-state index contributed by atoms with van der Waals surface area (Å²) in [5.41, 5.74) is 32.9. The largest absolute Gasteiger partial charge is 0.480 e. The van der Waals surface area contributed by atoms with Gasteiger partial charge in [-0.2, -0.15) is 19.9 Å². The van der Waals surface area contributed by atoms with E-state index in [-0.39, 0.29) is 84.6 Å². The van der Waals surface area contributed by atoms with E-state index < -0.39 is 35.5 Å². The summed E-state index contributed by atoms with van der Waals surface area (Å²) < 4.78 is 37.9. The van der Waals surface area contributed by atoms with Crippen LogP contribution in [0.1, 0.15) is 118 Å². The number of nitrogens with two attached hydrogens (primary N) is 5. The van der Waals surface area contributed by atoms with Crippen LogP contribution in [-0.4, -0.2) is 218 Å². The van der Waals surface area contributed by atoms with Gasteiger partial charge in [-0.25, -0.2) is 29.5 Å². The number of ether oxygens (including phenoxy) is 7. The SMILES string of the molecule is CC(=O)C(CCC(=O)NCCCOCCOCCOCCCNC(=O)OC(C)(C)C)CC(=O)c1ccc(N(C)Cc2cnc3nc(N)nc(N)c3n2)cc1.CN(Cc1cnc2nc(N)nc(N)c2n1)c1ccc(C(=O)NC(CCC(=O)NCCCOCCOCCOCCCN)C(=O)O)cc1. The highest BCUT2D eigenvalue weighted by Crippen LogP contribution is 2.23. The second-order valence-electron chi connectivity index (χ2n) is 24.2. The van der Waals surface area contributed by atoms with Gasteiger partial charge in [0, 0.05) is 108 Å². The Balaban J connectivity index is 0.000000367. The zero-order valence-electron chi connectivity index (χ0n) is 58.5. The van der Waals surface area contributed by atoms with Crippen LogP contribution < -0.4 is 59.7 Å². The maximum atomic E-state index is 13.1. The van der Waals surface area contributed by atoms with Gasteiger partial charge in [0.1, 0.15) is 17.4 Å². The molecule has 0 saturated heterocycles. The standard InChI is InChI=1S/C37H55N9O8.C30H44N10O7/c1-25(47)27(10-13-31(49)40-14-6-16-51-18-20-53-21-19-52-17-7-15-41-36(50)54-37(2,3)4)22-30(48)26-8-11-29(12-9-26)46(5)24-28-23-42-34-32(43-28)33(38)44-35(39)45-34;1-40(19-21-18-35-27-25(36-21)26(32)38-30(33)39-27)22-6-4-20(5-7-22)28(42)37-23(29(43)44)8-9-24(41)34-11-3-13-46-15-17-47-16-14-45-12-2-10-31/h8-9,11-12,23,27H,6-7,10,13-22,24H2,1-5H3,(H,40,49)(H,41,50)(H4,38,39,42,44,45);4-7,18,23H,2-3,8-17,19,31H2,1H3,(H,34,41)(H,37,42)(H,43,44)(H4,32,33,35,38,39). The predicted octanol–water partition coefficient (Wildman–Crippen LogP) is 3.34. The van der Waals surface area contributed by atoms with Crippen LogP contribution >= 0.6 is 0 Å². The summed E-state index contributed by atoms with van der Waals surface area (Å²) in [5, 5.41) is 20.4. The molecule has 0 bridgehead atoms. The van der Waals surface area contributed by atoms with Crippen LogP contribution in [0.3, 0.4) is 0 Å². The molecule has 4 aromatic heterocycles. The molecule has 4 amide bonds. The number of carboxylic acids is 1. The Morgan fingerprint density at radius 3 is 1.36 bits per heavy atom. The number of nitrogen functional groups attached to an aromatic ring is 4. The average molecular weight is 1410 g/mol. The number of nitrogens with one attached hydrogen (secondary N) is 4. The van der Waals surface area contributed by atoms with Gasteiger partial charge in [0.15, 0.2) is 39.7 Å². The molecule has 6 rings (SSSR count). The number of carbonyl (C=O) groups excluding carboxylic acids is 6. The third-order valence-electron chi connectivity index (χ3n) is 14.7. The number of amides is 4. The summed E-state index contributed by atoms with van der Waals surface area (Å²) in [5.74, 6) is -2.81. The third kappa shape index (κ3) is 32.0. The summed E-state index contributed by atoms with van der Waals surface area (Å²) >= 11 is 0. The van der Waals surface area contributed by atoms with Gasteiger partial charge >= 0.3 is 12.1 Å². The second-order valence-corrected chi connectivity index (χ2v) is 24.2. The first-order valence-corrected chi connectivity index (χ1v) is 33.3. The molecule has 0 saturated carbocycles. The van der Waals surface area contributed by atoms with Crippen LogP contribution in [0.5, 0.6) is 0 Å². The Labute approximate surface area is 587 Å². The van der Waals surface area contributed by atoms with Gasteiger partial charge in [-0.15, -0.1) is 0 Å². The molecule has 0 spiro atoms. The Bertz CT molecular complexity index is 3570. The molecule has 2 unspecified atom stereocenters. The lowest BCUT2D eigenvalue weighted by Crippen LogP contribution is -2.41. The number of aliphatic carboxylic acids is 1. The van der Waals surface area contributed by atoms with Crippen LogP contribution in [0, 0.1) is 5.92 Å². The minimum Gasteiger partial charge on any atom is -0.480 e. The number of benzene rings is 2. The van der Waals surface area contributed by atoms with Crippen LogP contribution in [0.25, 0.3) is 22.3 Å². The van der Waals surface area contributed by atoms with Crippen LogP contribution in [-0.2, 0) is 65.4 Å². The van der Waals surface area contributed by atoms with Crippen LogP contribution in [0.15, 0.2) is 60.9 Å². The number of rotatable bonds is 46. The Kier molecular flexibility index (Phi) is 36.1. The van der Waals surface area contributed by atoms with Crippen molar-refractivity contribution in [3.8, 4) is 0 Å². The highest BCUT2D eigenvalue weighted by molar-refractivity contribution is 5.99. The van der Waals surface area contributed by atoms with Gasteiger partial charge in [0.25, 0.3) is 5.91 Å². The number of ketones is 2. The molecular formula is C67H99N19O15. The van der Waals surface area contributed by atoms with Gasteiger partial charge in [-0.1, -0.05) is 0 Å². The third-order valence-corrected chi connectivity index (χ3v) is 14.7.